The Kier molecular flexibility index (Phi) is 10.5. The van der Waals surface area contributed by atoms with Gasteiger partial charge in [-0.3, -0.25) is 9.59 Å². The number of ether oxygens (including phenoxy) is 2. The average molecular weight is 270 g/mol. The fourth-order valence-electron chi connectivity index (χ4n) is 1.01. The monoisotopic (exact) mass is 270 g/mol. The first-order valence-electron chi connectivity index (χ1n) is 5.53. The van der Waals surface area contributed by atoms with Crippen LogP contribution in [0.15, 0.2) is 10.2 Å². The highest BCUT2D eigenvalue weighted by Gasteiger charge is 2.06. The maximum atomic E-state index is 11.1. The zero-order valence-corrected chi connectivity index (χ0v) is 10.3. The molecule has 0 aromatic rings. The van der Waals surface area contributed by atoms with Crippen molar-refractivity contribution in [1.82, 2.24) is 0 Å². The van der Waals surface area contributed by atoms with E-state index in [4.69, 9.17) is 20.5 Å². The van der Waals surface area contributed by atoms with Crippen molar-refractivity contribution in [3.05, 3.63) is 20.9 Å². The number of azide groups is 2. The van der Waals surface area contributed by atoms with Crippen LogP contribution in [0.3, 0.4) is 0 Å². The van der Waals surface area contributed by atoms with Crippen molar-refractivity contribution in [3.8, 4) is 0 Å². The predicted molar refractivity (Wildman–Crippen MR) is 63.8 cm³/mol. The van der Waals surface area contributed by atoms with Crippen LogP contribution in [0.1, 0.15) is 19.3 Å². The van der Waals surface area contributed by atoms with Gasteiger partial charge in [0.1, 0.15) is 0 Å². The van der Waals surface area contributed by atoms with E-state index >= 15 is 0 Å². The van der Waals surface area contributed by atoms with Crippen molar-refractivity contribution < 1.29 is 19.1 Å². The molecular weight excluding hydrogens is 256 g/mol. The summed E-state index contributed by atoms with van der Waals surface area (Å²) >= 11 is 0. The van der Waals surface area contributed by atoms with E-state index in [9.17, 15) is 9.59 Å². The van der Waals surface area contributed by atoms with Crippen LogP contribution in [0.4, 0.5) is 0 Å². The summed E-state index contributed by atoms with van der Waals surface area (Å²) < 4.78 is 9.46. The molecule has 0 N–H and O–H groups in total. The highest BCUT2D eigenvalue weighted by Crippen LogP contribution is 2.00. The maximum absolute atomic E-state index is 11.1. The van der Waals surface area contributed by atoms with Crippen LogP contribution >= 0.6 is 0 Å². The largest absolute Gasteiger partial charge is 0.466 e. The molecule has 0 aliphatic rings. The van der Waals surface area contributed by atoms with E-state index < -0.39 is 11.9 Å². The lowest BCUT2D eigenvalue weighted by Crippen LogP contribution is -2.10. The number of hydrogen-bond acceptors (Lipinski definition) is 6. The van der Waals surface area contributed by atoms with E-state index in [1.54, 1.807) is 0 Å². The SMILES string of the molecule is [N-]=[N+]=NCCOC(=O)CCCC(=O)OCCN=[N+]=[N-]. The summed E-state index contributed by atoms with van der Waals surface area (Å²) in [4.78, 5) is 27.2. The molecule has 0 atom stereocenters. The number of esters is 2. The lowest BCUT2D eigenvalue weighted by molar-refractivity contribution is -0.145. The van der Waals surface area contributed by atoms with Crippen molar-refractivity contribution >= 4 is 11.9 Å². The standard InChI is InChI=1S/C9H14N6O4/c10-14-12-4-6-18-8(16)2-1-3-9(17)19-7-5-13-15-11/h1-7H2. The van der Waals surface area contributed by atoms with Crippen molar-refractivity contribution in [1.29, 1.82) is 0 Å². The van der Waals surface area contributed by atoms with Crippen LogP contribution < -0.4 is 0 Å². The molecule has 0 rings (SSSR count). The smallest absolute Gasteiger partial charge is 0.305 e. The summed E-state index contributed by atoms with van der Waals surface area (Å²) in [5.74, 6) is -0.926. The molecule has 0 spiro atoms. The van der Waals surface area contributed by atoms with Gasteiger partial charge < -0.3 is 9.47 Å². The molecule has 19 heavy (non-hydrogen) atoms. The molecule has 0 fully saturated rings. The molecule has 0 radical (unpaired) electrons. The van der Waals surface area contributed by atoms with E-state index in [2.05, 4.69) is 20.1 Å². The quantitative estimate of drug-likeness (QED) is 0.195. The third-order valence-corrected chi connectivity index (χ3v) is 1.80. The number of nitrogens with zero attached hydrogens (tertiary/aromatic N) is 6. The van der Waals surface area contributed by atoms with Gasteiger partial charge in [0.25, 0.3) is 0 Å². The van der Waals surface area contributed by atoms with E-state index in [1.165, 1.54) is 0 Å². The summed E-state index contributed by atoms with van der Waals surface area (Å²) in [5, 5.41) is 6.39. The molecule has 0 aromatic carbocycles. The molecule has 0 bridgehead atoms. The maximum Gasteiger partial charge on any atom is 0.305 e. The Morgan fingerprint density at radius 3 is 1.68 bits per heavy atom. The van der Waals surface area contributed by atoms with Gasteiger partial charge in [-0.15, -0.1) is 0 Å². The van der Waals surface area contributed by atoms with Crippen LogP contribution in [0.5, 0.6) is 0 Å². The molecule has 104 valence electrons. The summed E-state index contributed by atoms with van der Waals surface area (Å²) in [6, 6.07) is 0. The van der Waals surface area contributed by atoms with E-state index in [1.807, 2.05) is 0 Å². The first kappa shape index (κ1) is 16.6. The molecule has 0 saturated carbocycles. The summed E-state index contributed by atoms with van der Waals surface area (Å²) in [5.41, 5.74) is 16.0. The second-order valence-corrected chi connectivity index (χ2v) is 3.20. The summed E-state index contributed by atoms with van der Waals surface area (Å²) in [6.07, 6.45) is 0.476. The van der Waals surface area contributed by atoms with Crippen LogP contribution in [0.25, 0.3) is 20.9 Å². The Morgan fingerprint density at radius 1 is 0.895 bits per heavy atom. The minimum absolute atomic E-state index is 0.0273. The fraction of sp³-hybridized carbons (Fsp3) is 0.778. The zero-order valence-electron chi connectivity index (χ0n) is 10.3. The number of hydrogen-bond donors (Lipinski definition) is 0. The number of carbonyl (C=O) groups excluding carboxylic acids is 2. The normalized spacial score (nSPS) is 8.84. The van der Waals surface area contributed by atoms with Gasteiger partial charge in [0.15, 0.2) is 0 Å². The fourth-order valence-corrected chi connectivity index (χ4v) is 1.01. The molecule has 0 amide bonds. The Morgan fingerprint density at radius 2 is 1.32 bits per heavy atom. The second kappa shape index (κ2) is 12.0. The van der Waals surface area contributed by atoms with Crippen molar-refractivity contribution in [2.75, 3.05) is 26.3 Å². The van der Waals surface area contributed by atoms with Gasteiger partial charge in [-0.05, 0) is 17.5 Å². The molecule has 10 heteroatoms. The minimum Gasteiger partial charge on any atom is -0.466 e. The highest BCUT2D eigenvalue weighted by atomic mass is 16.5. The molecule has 10 nitrogen and oxygen atoms in total. The Labute approximate surface area is 108 Å². The first-order valence-corrected chi connectivity index (χ1v) is 5.53. The topological polar surface area (TPSA) is 150 Å². The van der Waals surface area contributed by atoms with E-state index in [0.29, 0.717) is 6.42 Å². The molecule has 0 unspecified atom stereocenters. The molecule has 0 aromatic heterocycles. The zero-order chi connectivity index (χ0) is 14.3. The Bertz CT molecular complexity index is 350. The van der Waals surface area contributed by atoms with Gasteiger partial charge in [0, 0.05) is 22.7 Å². The summed E-state index contributed by atoms with van der Waals surface area (Å²) in [6.45, 7) is 0.229. The van der Waals surface area contributed by atoms with Crippen LogP contribution in [-0.4, -0.2) is 38.2 Å². The highest BCUT2D eigenvalue weighted by molar-refractivity contribution is 5.72. The molecular formula is C9H14N6O4. The van der Waals surface area contributed by atoms with Gasteiger partial charge in [-0.25, -0.2) is 0 Å². The summed E-state index contributed by atoms with van der Waals surface area (Å²) in [7, 11) is 0. The molecule has 0 aliphatic heterocycles. The van der Waals surface area contributed by atoms with Crippen LogP contribution in [0, 0.1) is 0 Å². The molecule has 0 heterocycles. The van der Waals surface area contributed by atoms with Crippen molar-refractivity contribution in [2.24, 2.45) is 10.2 Å². The minimum atomic E-state index is -0.463. The average Bonchev–Trinajstić information content (AvgIpc) is 2.40. The predicted octanol–water partition coefficient (Wildman–Crippen LogP) is 1.86. The molecule has 0 saturated heterocycles. The van der Waals surface area contributed by atoms with Gasteiger partial charge in [0.2, 0.25) is 0 Å². The lowest BCUT2D eigenvalue weighted by Gasteiger charge is -2.03. The van der Waals surface area contributed by atoms with E-state index in [0.717, 1.165) is 0 Å². The lowest BCUT2D eigenvalue weighted by atomic mass is 10.2. The van der Waals surface area contributed by atoms with Gasteiger partial charge in [0.05, 0.1) is 26.3 Å². The van der Waals surface area contributed by atoms with Gasteiger partial charge >= 0.3 is 11.9 Å². The second-order valence-electron chi connectivity index (χ2n) is 3.20. The third kappa shape index (κ3) is 11.8. The van der Waals surface area contributed by atoms with Gasteiger partial charge in [-0.2, -0.15) is 0 Å². The molecule has 0 aliphatic carbocycles. The first-order chi connectivity index (χ1) is 9.20. The number of carbonyl (C=O) groups is 2. The number of rotatable bonds is 10. The Balaban J connectivity index is 3.50. The van der Waals surface area contributed by atoms with Gasteiger partial charge in [-0.1, -0.05) is 10.2 Å². The van der Waals surface area contributed by atoms with Crippen LogP contribution in [-0.2, 0) is 19.1 Å². The van der Waals surface area contributed by atoms with Crippen LogP contribution in [0.2, 0.25) is 0 Å². The van der Waals surface area contributed by atoms with Crippen molar-refractivity contribution in [3.63, 3.8) is 0 Å². The van der Waals surface area contributed by atoms with E-state index in [-0.39, 0.29) is 39.1 Å². The Hall–Kier alpha value is -2.44. The van der Waals surface area contributed by atoms with Crippen molar-refractivity contribution in [2.45, 2.75) is 19.3 Å². The third-order valence-electron chi connectivity index (χ3n) is 1.80.